The largest absolute Gasteiger partial charge is 1.00 e. The zero-order valence-corrected chi connectivity index (χ0v) is 21.0. The summed E-state index contributed by atoms with van der Waals surface area (Å²) in [7, 11) is -1.71. The van der Waals surface area contributed by atoms with Crippen LogP contribution in [-0.2, 0) is 18.4 Å². The zero-order chi connectivity index (χ0) is 19.3. The predicted octanol–water partition coefficient (Wildman–Crippen LogP) is -13.8. The first kappa shape index (κ1) is 32.5. The van der Waals surface area contributed by atoms with Crippen LogP contribution in [0.15, 0.2) is 0 Å². The number of carboxylic acids is 2. The first-order valence-corrected chi connectivity index (χ1v) is 8.43. The van der Waals surface area contributed by atoms with Crippen molar-refractivity contribution in [3.05, 3.63) is 0 Å². The second kappa shape index (κ2) is 17.7. The van der Waals surface area contributed by atoms with Crippen molar-refractivity contribution in [3.63, 3.8) is 0 Å². The number of rotatable bonds is 16. The maximum Gasteiger partial charge on any atom is 1.00 e. The summed E-state index contributed by atoms with van der Waals surface area (Å²) in [4.78, 5) is 20.9. The molecule has 0 spiro atoms. The van der Waals surface area contributed by atoms with Crippen molar-refractivity contribution in [3.8, 4) is 0 Å². The van der Waals surface area contributed by atoms with Crippen molar-refractivity contribution < 1.29 is 108 Å². The Balaban J connectivity index is -0.00000288. The molecule has 0 bridgehead atoms. The third-order valence-electron chi connectivity index (χ3n) is 3.35. The average Bonchev–Trinajstić information content (AvgIpc) is 2.60. The SMILES string of the molecule is O=C([O-])CNC(CO)(CO)CO[SiH2]OCC(CO)(CO)NCC(=O)[O-].[Na+].[Na+]. The van der Waals surface area contributed by atoms with Crippen LogP contribution in [0.4, 0.5) is 0 Å². The van der Waals surface area contributed by atoms with Gasteiger partial charge in [0.15, 0.2) is 0 Å². The Morgan fingerprint density at radius 2 is 1.07 bits per heavy atom. The minimum absolute atomic E-state index is 0. The van der Waals surface area contributed by atoms with Gasteiger partial charge >= 0.3 is 69.1 Å². The number of carbonyl (C=O) groups is 2. The minimum atomic E-state index is -1.71. The van der Waals surface area contributed by atoms with Crippen LogP contribution in [0.3, 0.4) is 0 Å². The molecular weight excluding hydrogens is 406 g/mol. The maximum absolute atomic E-state index is 10.4. The number of carboxylic acid groups (broad SMARTS) is 2. The first-order valence-electron chi connectivity index (χ1n) is 7.27. The van der Waals surface area contributed by atoms with Crippen LogP contribution < -0.4 is 80.0 Å². The van der Waals surface area contributed by atoms with Crippen LogP contribution in [-0.4, -0.2) is 106 Å². The molecule has 27 heavy (non-hydrogen) atoms. The van der Waals surface area contributed by atoms with E-state index in [0.717, 1.165) is 0 Å². The van der Waals surface area contributed by atoms with Gasteiger partial charge in [-0.3, -0.25) is 0 Å². The molecule has 0 aromatic rings. The van der Waals surface area contributed by atoms with Gasteiger partial charge in [-0.25, -0.2) is 0 Å². The maximum atomic E-state index is 10.4. The molecule has 0 atom stereocenters. The van der Waals surface area contributed by atoms with Gasteiger partial charge in [-0.2, -0.15) is 0 Å². The molecular formula is C12H24N2Na2O10Si. The molecule has 6 N–H and O–H groups in total. The zero-order valence-electron chi connectivity index (χ0n) is 15.6. The van der Waals surface area contributed by atoms with Gasteiger partial charge in [0, 0.05) is 13.1 Å². The van der Waals surface area contributed by atoms with Crippen molar-refractivity contribution in [1.29, 1.82) is 0 Å². The molecule has 0 aliphatic heterocycles. The Labute approximate surface area is 203 Å². The Morgan fingerprint density at radius 1 is 0.778 bits per heavy atom. The Bertz CT molecular complexity index is 378. The molecule has 12 nitrogen and oxygen atoms in total. The fourth-order valence-corrected chi connectivity index (χ4v) is 2.73. The second-order valence-electron chi connectivity index (χ2n) is 5.46. The molecule has 0 aromatic heterocycles. The van der Waals surface area contributed by atoms with E-state index in [1.807, 2.05) is 0 Å². The Kier molecular flexibility index (Phi) is 21.3. The number of aliphatic hydroxyl groups is 4. The van der Waals surface area contributed by atoms with Gasteiger partial charge < -0.3 is 59.7 Å². The molecule has 0 heterocycles. The Hall–Kier alpha value is 0.837. The van der Waals surface area contributed by atoms with E-state index < -0.39 is 72.5 Å². The number of carbonyl (C=O) groups excluding carboxylic acids is 2. The van der Waals surface area contributed by atoms with E-state index in [2.05, 4.69) is 10.6 Å². The normalized spacial score (nSPS) is 11.4. The van der Waals surface area contributed by atoms with E-state index >= 15 is 0 Å². The third kappa shape index (κ3) is 13.6. The molecule has 0 aliphatic carbocycles. The van der Waals surface area contributed by atoms with Gasteiger partial charge in [0.25, 0.3) is 0 Å². The van der Waals surface area contributed by atoms with E-state index in [0.29, 0.717) is 0 Å². The predicted molar refractivity (Wildman–Crippen MR) is 80.3 cm³/mol. The fraction of sp³-hybridized carbons (Fsp3) is 0.833. The summed E-state index contributed by atoms with van der Waals surface area (Å²) < 4.78 is 10.4. The first-order chi connectivity index (χ1) is 11.8. The molecule has 0 unspecified atom stereocenters. The van der Waals surface area contributed by atoms with E-state index in [-0.39, 0.29) is 72.3 Å². The number of hydrogen-bond acceptors (Lipinski definition) is 12. The van der Waals surface area contributed by atoms with Gasteiger partial charge in [-0.15, -0.1) is 0 Å². The van der Waals surface area contributed by atoms with E-state index in [9.17, 15) is 40.2 Å². The fourth-order valence-electron chi connectivity index (χ4n) is 1.66. The van der Waals surface area contributed by atoms with Crippen LogP contribution in [0.25, 0.3) is 0 Å². The van der Waals surface area contributed by atoms with Gasteiger partial charge in [-0.05, 0) is 0 Å². The number of aliphatic hydroxyl groups excluding tert-OH is 4. The summed E-state index contributed by atoms with van der Waals surface area (Å²) in [5, 5.41) is 62.9. The average molecular weight is 430 g/mol. The summed E-state index contributed by atoms with van der Waals surface area (Å²) in [6.45, 7) is -4.11. The van der Waals surface area contributed by atoms with E-state index in [1.165, 1.54) is 0 Å². The van der Waals surface area contributed by atoms with Gasteiger partial charge in [-0.1, -0.05) is 0 Å². The van der Waals surface area contributed by atoms with Crippen molar-refractivity contribution in [2.24, 2.45) is 0 Å². The topological polar surface area (TPSA) is 204 Å². The van der Waals surface area contributed by atoms with E-state index in [1.54, 1.807) is 0 Å². The molecule has 0 aromatic carbocycles. The number of nitrogens with one attached hydrogen (secondary N) is 2. The summed E-state index contributed by atoms with van der Waals surface area (Å²) in [5.41, 5.74) is -2.79. The standard InChI is InChI=1S/C12H26N2O10Si.2Na/c15-3-11(4-16,13-1-9(19)20)7-23-25-24-8-12(5-17,6-18)14-2-10(21)22;;/h13-18H,1-8,25H2,(H,19,20)(H,21,22);;/q;2*+1/p-2. The molecule has 15 heteroatoms. The Morgan fingerprint density at radius 3 is 1.30 bits per heavy atom. The monoisotopic (exact) mass is 430 g/mol. The molecule has 0 amide bonds. The van der Waals surface area contributed by atoms with Crippen molar-refractivity contribution in [2.45, 2.75) is 11.1 Å². The molecule has 0 aliphatic rings. The van der Waals surface area contributed by atoms with Crippen LogP contribution in [0.2, 0.25) is 0 Å². The summed E-state index contributed by atoms with van der Waals surface area (Å²) in [6, 6.07) is 0. The summed E-state index contributed by atoms with van der Waals surface area (Å²) >= 11 is 0. The summed E-state index contributed by atoms with van der Waals surface area (Å²) in [5.74, 6) is -2.84. The molecule has 0 fully saturated rings. The summed E-state index contributed by atoms with van der Waals surface area (Å²) in [6.07, 6.45) is 0. The second-order valence-corrected chi connectivity index (χ2v) is 6.51. The van der Waals surface area contributed by atoms with Crippen molar-refractivity contribution in [1.82, 2.24) is 10.6 Å². The minimum Gasteiger partial charge on any atom is -0.549 e. The van der Waals surface area contributed by atoms with Crippen LogP contribution in [0.1, 0.15) is 0 Å². The van der Waals surface area contributed by atoms with Gasteiger partial charge in [0.2, 0.25) is 0 Å². The molecule has 0 saturated heterocycles. The third-order valence-corrected chi connectivity index (χ3v) is 4.09. The van der Waals surface area contributed by atoms with Crippen molar-refractivity contribution in [2.75, 3.05) is 52.7 Å². The van der Waals surface area contributed by atoms with Crippen LogP contribution >= 0.6 is 0 Å². The quantitative estimate of drug-likeness (QED) is 0.0998. The van der Waals surface area contributed by atoms with Gasteiger partial charge in [0.05, 0.1) is 62.7 Å². The molecule has 0 saturated carbocycles. The van der Waals surface area contributed by atoms with Gasteiger partial charge in [0.1, 0.15) is 0 Å². The van der Waals surface area contributed by atoms with E-state index in [4.69, 9.17) is 8.85 Å². The number of aliphatic carboxylic acids is 2. The van der Waals surface area contributed by atoms with Crippen LogP contribution in [0.5, 0.6) is 0 Å². The molecule has 0 rings (SSSR count). The molecule has 148 valence electrons. The van der Waals surface area contributed by atoms with Crippen molar-refractivity contribution >= 4 is 21.9 Å². The number of hydrogen-bond donors (Lipinski definition) is 6. The smallest absolute Gasteiger partial charge is 0.549 e. The molecule has 0 radical (unpaired) electrons. The van der Waals surface area contributed by atoms with Crippen LogP contribution in [0, 0.1) is 0 Å².